The Morgan fingerprint density at radius 3 is 2.36 bits per heavy atom. The van der Waals surface area contributed by atoms with Crippen molar-refractivity contribution < 1.29 is 22.8 Å². The quantitative estimate of drug-likeness (QED) is 0.439. The number of halogens is 5. The van der Waals surface area contributed by atoms with Gasteiger partial charge in [-0.3, -0.25) is 9.59 Å². The number of piperidine rings is 1. The van der Waals surface area contributed by atoms with E-state index in [9.17, 15) is 22.8 Å². The first-order valence-electron chi connectivity index (χ1n) is 12.8. The van der Waals surface area contributed by atoms with Crippen LogP contribution in [0, 0.1) is 17.2 Å². The Morgan fingerprint density at radius 2 is 1.74 bits per heavy atom. The van der Waals surface area contributed by atoms with Gasteiger partial charge in [-0.25, -0.2) is 0 Å². The van der Waals surface area contributed by atoms with Crippen molar-refractivity contribution in [1.29, 1.82) is 5.26 Å². The van der Waals surface area contributed by atoms with Crippen molar-refractivity contribution in [3.05, 3.63) is 69.2 Å². The van der Waals surface area contributed by atoms with E-state index in [1.165, 1.54) is 24.1 Å². The number of hydrogen-bond donors (Lipinski definition) is 0. The zero-order valence-electron chi connectivity index (χ0n) is 21.4. The van der Waals surface area contributed by atoms with Crippen LogP contribution in [0.1, 0.15) is 46.7 Å². The van der Waals surface area contributed by atoms with Gasteiger partial charge in [0, 0.05) is 50.0 Å². The fraction of sp³-hybridized carbons (Fsp3) is 0.464. The van der Waals surface area contributed by atoms with Crippen LogP contribution in [0.2, 0.25) is 10.0 Å². The van der Waals surface area contributed by atoms with Gasteiger partial charge in [0.05, 0.1) is 28.3 Å². The van der Waals surface area contributed by atoms with Crippen LogP contribution in [0.5, 0.6) is 0 Å². The number of hydrogen-bond acceptors (Lipinski definition) is 4. The van der Waals surface area contributed by atoms with Crippen molar-refractivity contribution in [2.45, 2.75) is 37.4 Å². The molecule has 0 aliphatic carbocycles. The first-order chi connectivity index (χ1) is 18.5. The fourth-order valence-electron chi connectivity index (χ4n) is 5.52. The molecule has 2 aromatic rings. The van der Waals surface area contributed by atoms with Gasteiger partial charge in [-0.15, -0.1) is 0 Å². The third-order valence-corrected chi connectivity index (χ3v) is 8.39. The molecule has 2 unspecified atom stereocenters. The van der Waals surface area contributed by atoms with E-state index in [0.717, 1.165) is 24.7 Å². The number of nitrogens with zero attached hydrogens (tertiary/aromatic N) is 4. The van der Waals surface area contributed by atoms with Crippen molar-refractivity contribution in [1.82, 2.24) is 14.7 Å². The lowest BCUT2D eigenvalue weighted by molar-refractivity contribution is -0.137. The monoisotopic (exact) mass is 580 g/mol. The summed E-state index contributed by atoms with van der Waals surface area (Å²) in [6.45, 7) is 2.78. The maximum atomic E-state index is 13.6. The van der Waals surface area contributed by atoms with Crippen LogP contribution >= 0.6 is 23.2 Å². The van der Waals surface area contributed by atoms with Gasteiger partial charge in [-0.2, -0.15) is 18.4 Å². The topological polar surface area (TPSA) is 67.7 Å². The molecule has 0 bridgehead atoms. The molecule has 2 amide bonds. The largest absolute Gasteiger partial charge is 0.417 e. The maximum absolute atomic E-state index is 13.6. The molecule has 0 spiro atoms. The molecule has 0 N–H and O–H groups in total. The van der Waals surface area contributed by atoms with Gasteiger partial charge in [0.25, 0.3) is 5.91 Å². The minimum Gasteiger partial charge on any atom is -0.340 e. The van der Waals surface area contributed by atoms with Crippen molar-refractivity contribution in [2.24, 2.45) is 5.92 Å². The second-order valence-corrected chi connectivity index (χ2v) is 10.9. The highest BCUT2D eigenvalue weighted by Gasteiger charge is 2.43. The zero-order valence-corrected chi connectivity index (χ0v) is 22.9. The number of likely N-dealkylation sites (tertiary alicyclic amines) is 2. The molecule has 2 fully saturated rings. The summed E-state index contributed by atoms with van der Waals surface area (Å²) in [5, 5.41) is 8.74. The molecule has 208 valence electrons. The van der Waals surface area contributed by atoms with E-state index in [-0.39, 0.29) is 29.9 Å². The molecule has 11 heteroatoms. The lowest BCUT2D eigenvalue weighted by Crippen LogP contribution is -2.44. The van der Waals surface area contributed by atoms with Crippen LogP contribution in [0.4, 0.5) is 13.2 Å². The molecular formula is C28H29Cl2F3N4O2. The second kappa shape index (κ2) is 12.2. The van der Waals surface area contributed by atoms with Gasteiger partial charge in [0.1, 0.15) is 0 Å². The molecule has 2 aromatic carbocycles. The van der Waals surface area contributed by atoms with Crippen LogP contribution in [-0.2, 0) is 11.0 Å². The number of amides is 2. The van der Waals surface area contributed by atoms with Crippen molar-refractivity contribution >= 4 is 35.0 Å². The molecular weight excluding hydrogens is 552 g/mol. The number of alkyl halides is 3. The van der Waals surface area contributed by atoms with E-state index < -0.39 is 28.7 Å². The maximum Gasteiger partial charge on any atom is 0.417 e. The number of carbonyl (C=O) groups excluding carboxylic acids is 2. The summed E-state index contributed by atoms with van der Waals surface area (Å²) in [7, 11) is 1.54. The van der Waals surface area contributed by atoms with E-state index >= 15 is 0 Å². The number of rotatable bonds is 6. The minimum absolute atomic E-state index is 0.00865. The van der Waals surface area contributed by atoms with Crippen LogP contribution in [0.25, 0.3) is 0 Å². The molecule has 2 atom stereocenters. The summed E-state index contributed by atoms with van der Waals surface area (Å²) in [5.41, 5.74) is -0.429. The van der Waals surface area contributed by atoms with Crippen LogP contribution in [0.3, 0.4) is 0 Å². The highest BCUT2D eigenvalue weighted by Crippen LogP contribution is 2.38. The van der Waals surface area contributed by atoms with Gasteiger partial charge in [0.2, 0.25) is 5.91 Å². The van der Waals surface area contributed by atoms with Gasteiger partial charge < -0.3 is 14.7 Å². The summed E-state index contributed by atoms with van der Waals surface area (Å²) in [4.78, 5) is 32.4. The summed E-state index contributed by atoms with van der Waals surface area (Å²) < 4.78 is 40.3. The highest BCUT2D eigenvalue weighted by atomic mass is 35.5. The summed E-state index contributed by atoms with van der Waals surface area (Å²) in [6, 6.07) is 12.1. The Labute approximate surface area is 235 Å². The van der Waals surface area contributed by atoms with Crippen LogP contribution in [-0.4, -0.2) is 72.3 Å². The standard InChI is InChI=1S/C28H29Cl2F3N4O2/c1-35(27(39)21-4-2-5-23(25(21)30)28(31,32)33)24-17-37(16-22(24)18-6-8-20(29)9-7-18)26(38)19-10-14-36(15-11-19)13-3-12-34/h2,4-9,19,22,24H,3,10-11,13-17H2,1H3. The highest BCUT2D eigenvalue weighted by molar-refractivity contribution is 6.34. The lowest BCUT2D eigenvalue weighted by atomic mass is 9.93. The third-order valence-electron chi connectivity index (χ3n) is 7.73. The average molecular weight is 581 g/mol. The predicted molar refractivity (Wildman–Crippen MR) is 143 cm³/mol. The molecule has 2 heterocycles. The summed E-state index contributed by atoms with van der Waals surface area (Å²) in [5.74, 6) is -1.06. The number of likely N-dealkylation sites (N-methyl/N-ethyl adjacent to an activating group) is 1. The Bertz CT molecular complexity index is 1240. The van der Waals surface area contributed by atoms with Crippen LogP contribution < -0.4 is 0 Å². The Balaban J connectivity index is 1.56. The molecule has 0 aromatic heterocycles. The fourth-order valence-corrected chi connectivity index (χ4v) is 5.96. The van der Waals surface area contributed by atoms with E-state index in [2.05, 4.69) is 11.0 Å². The number of nitriles is 1. The number of benzene rings is 2. The predicted octanol–water partition coefficient (Wildman–Crippen LogP) is 5.70. The molecule has 2 aliphatic heterocycles. The second-order valence-electron chi connectivity index (χ2n) is 10.1. The molecule has 39 heavy (non-hydrogen) atoms. The SMILES string of the molecule is CN(C(=O)c1cccc(C(F)(F)F)c1Cl)C1CN(C(=O)C2CCN(CCC#N)CC2)CC1c1ccc(Cl)cc1. The van der Waals surface area contributed by atoms with Crippen molar-refractivity contribution in [2.75, 3.05) is 39.8 Å². The van der Waals surface area contributed by atoms with Gasteiger partial charge in [-0.1, -0.05) is 41.4 Å². The molecule has 6 nitrogen and oxygen atoms in total. The summed E-state index contributed by atoms with van der Waals surface area (Å²) >= 11 is 12.1. The molecule has 0 radical (unpaired) electrons. The molecule has 4 rings (SSSR count). The average Bonchev–Trinajstić information content (AvgIpc) is 3.36. The Kier molecular flexibility index (Phi) is 9.10. The van der Waals surface area contributed by atoms with E-state index in [0.29, 0.717) is 37.4 Å². The van der Waals surface area contributed by atoms with E-state index in [4.69, 9.17) is 28.5 Å². The molecule has 0 saturated carbocycles. The zero-order chi connectivity index (χ0) is 28.3. The number of carbonyl (C=O) groups is 2. The first-order valence-corrected chi connectivity index (χ1v) is 13.5. The lowest BCUT2D eigenvalue weighted by Gasteiger charge is -2.33. The third kappa shape index (κ3) is 6.51. The van der Waals surface area contributed by atoms with E-state index in [1.807, 2.05) is 12.1 Å². The normalized spacial score (nSPS) is 20.6. The summed E-state index contributed by atoms with van der Waals surface area (Å²) in [6.07, 6.45) is -2.87. The minimum atomic E-state index is -4.70. The van der Waals surface area contributed by atoms with Gasteiger partial charge in [-0.05, 0) is 55.8 Å². The van der Waals surface area contributed by atoms with Gasteiger partial charge >= 0.3 is 6.18 Å². The first kappa shape index (κ1) is 29.2. The Hall–Kier alpha value is -2.80. The Morgan fingerprint density at radius 1 is 1.08 bits per heavy atom. The van der Waals surface area contributed by atoms with Crippen molar-refractivity contribution in [3.63, 3.8) is 0 Å². The van der Waals surface area contributed by atoms with Crippen molar-refractivity contribution in [3.8, 4) is 6.07 Å². The van der Waals surface area contributed by atoms with Gasteiger partial charge in [0.15, 0.2) is 0 Å². The smallest absolute Gasteiger partial charge is 0.340 e. The van der Waals surface area contributed by atoms with Crippen LogP contribution in [0.15, 0.2) is 42.5 Å². The van der Waals surface area contributed by atoms with E-state index in [1.54, 1.807) is 17.0 Å². The molecule has 2 aliphatic rings. The molecule has 2 saturated heterocycles.